The fourth-order valence-electron chi connectivity index (χ4n) is 1.49. The van der Waals surface area contributed by atoms with E-state index in [0.29, 0.717) is 6.42 Å². The van der Waals surface area contributed by atoms with Crippen molar-refractivity contribution in [2.45, 2.75) is 45.6 Å². The first-order chi connectivity index (χ1) is 6.52. The van der Waals surface area contributed by atoms with Crippen LogP contribution in [0.15, 0.2) is 12.2 Å². The van der Waals surface area contributed by atoms with Crippen LogP contribution < -0.4 is 0 Å². The van der Waals surface area contributed by atoms with Crippen molar-refractivity contribution in [3.8, 4) is 0 Å². The molecule has 3 nitrogen and oxygen atoms in total. The average molecular weight is 200 g/mol. The number of hydrogen-bond acceptors (Lipinski definition) is 2. The number of aliphatic hydroxyl groups excluding tert-OH is 1. The molecule has 0 amide bonds. The van der Waals surface area contributed by atoms with Gasteiger partial charge in [-0.2, -0.15) is 0 Å². The van der Waals surface area contributed by atoms with Crippen molar-refractivity contribution >= 4 is 5.97 Å². The molecule has 2 unspecified atom stereocenters. The first-order valence-corrected chi connectivity index (χ1v) is 5.12. The van der Waals surface area contributed by atoms with Gasteiger partial charge in [0.15, 0.2) is 0 Å². The summed E-state index contributed by atoms with van der Waals surface area (Å²) in [6.07, 6.45) is 2.41. The van der Waals surface area contributed by atoms with Gasteiger partial charge in [0, 0.05) is 5.57 Å². The van der Waals surface area contributed by atoms with Crippen LogP contribution in [0.4, 0.5) is 0 Å². The van der Waals surface area contributed by atoms with Gasteiger partial charge in [-0.3, -0.25) is 0 Å². The van der Waals surface area contributed by atoms with Crippen LogP contribution in [0.5, 0.6) is 0 Å². The van der Waals surface area contributed by atoms with Crippen molar-refractivity contribution in [3.63, 3.8) is 0 Å². The summed E-state index contributed by atoms with van der Waals surface area (Å²) >= 11 is 0. The molecular weight excluding hydrogens is 180 g/mol. The number of carbonyl (C=O) groups is 1. The maximum atomic E-state index is 10.5. The van der Waals surface area contributed by atoms with Gasteiger partial charge >= 0.3 is 5.97 Å². The van der Waals surface area contributed by atoms with Gasteiger partial charge in [0.05, 0.1) is 6.10 Å². The summed E-state index contributed by atoms with van der Waals surface area (Å²) in [5, 5.41) is 18.4. The highest BCUT2D eigenvalue weighted by molar-refractivity contribution is 5.85. The standard InChI is InChI=1S/C11H20O3/c1-4-6-10(12)9(5-2)7-8(3)11(13)14/h9-10,12H,3-7H2,1-2H3,(H,13,14). The van der Waals surface area contributed by atoms with Crippen molar-refractivity contribution in [1.29, 1.82) is 0 Å². The third kappa shape index (κ3) is 4.42. The number of carboxylic acids is 1. The lowest BCUT2D eigenvalue weighted by Crippen LogP contribution is -2.21. The molecule has 0 aliphatic heterocycles. The summed E-state index contributed by atoms with van der Waals surface area (Å²) in [6.45, 7) is 7.43. The Morgan fingerprint density at radius 1 is 1.43 bits per heavy atom. The van der Waals surface area contributed by atoms with Crippen LogP contribution in [-0.2, 0) is 4.79 Å². The van der Waals surface area contributed by atoms with Gasteiger partial charge in [0.2, 0.25) is 0 Å². The maximum Gasteiger partial charge on any atom is 0.330 e. The molecule has 0 aliphatic rings. The highest BCUT2D eigenvalue weighted by atomic mass is 16.4. The molecule has 3 heteroatoms. The van der Waals surface area contributed by atoms with E-state index in [4.69, 9.17) is 5.11 Å². The Morgan fingerprint density at radius 3 is 2.36 bits per heavy atom. The first kappa shape index (κ1) is 13.2. The minimum absolute atomic E-state index is 0.0264. The molecule has 0 aliphatic carbocycles. The molecule has 0 rings (SSSR count). The molecule has 2 N–H and O–H groups in total. The summed E-state index contributed by atoms with van der Waals surface area (Å²) in [4.78, 5) is 10.5. The zero-order chi connectivity index (χ0) is 11.1. The van der Waals surface area contributed by atoms with Crippen LogP contribution in [0, 0.1) is 5.92 Å². The van der Waals surface area contributed by atoms with Gasteiger partial charge in [-0.1, -0.05) is 33.3 Å². The fourth-order valence-corrected chi connectivity index (χ4v) is 1.49. The quantitative estimate of drug-likeness (QED) is 0.619. The Hall–Kier alpha value is -0.830. The molecule has 0 aromatic rings. The van der Waals surface area contributed by atoms with Crippen LogP contribution >= 0.6 is 0 Å². The third-order valence-electron chi connectivity index (χ3n) is 2.46. The van der Waals surface area contributed by atoms with Gasteiger partial charge < -0.3 is 10.2 Å². The average Bonchev–Trinajstić information content (AvgIpc) is 2.13. The predicted octanol–water partition coefficient (Wildman–Crippen LogP) is 2.20. The zero-order valence-corrected chi connectivity index (χ0v) is 8.99. The van der Waals surface area contributed by atoms with Gasteiger partial charge in [-0.15, -0.1) is 0 Å². The topological polar surface area (TPSA) is 57.5 Å². The van der Waals surface area contributed by atoms with E-state index in [-0.39, 0.29) is 11.5 Å². The molecule has 0 aromatic heterocycles. The van der Waals surface area contributed by atoms with E-state index >= 15 is 0 Å². The van der Waals surface area contributed by atoms with Gasteiger partial charge in [-0.05, 0) is 18.8 Å². The van der Waals surface area contributed by atoms with Crippen LogP contribution in [0.25, 0.3) is 0 Å². The van der Waals surface area contributed by atoms with Crippen LogP contribution in [0.3, 0.4) is 0 Å². The smallest absolute Gasteiger partial charge is 0.330 e. The zero-order valence-electron chi connectivity index (χ0n) is 8.99. The van der Waals surface area contributed by atoms with Crippen molar-refractivity contribution in [2.75, 3.05) is 0 Å². The second-order valence-electron chi connectivity index (χ2n) is 3.64. The molecule has 0 saturated carbocycles. The normalized spacial score (nSPS) is 14.8. The summed E-state index contributed by atoms with van der Waals surface area (Å²) < 4.78 is 0. The molecule has 0 radical (unpaired) electrons. The first-order valence-electron chi connectivity index (χ1n) is 5.12. The lowest BCUT2D eigenvalue weighted by molar-refractivity contribution is -0.133. The van der Waals surface area contributed by atoms with Gasteiger partial charge in [0.1, 0.15) is 0 Å². The lowest BCUT2D eigenvalue weighted by atomic mass is 9.90. The van der Waals surface area contributed by atoms with Gasteiger partial charge in [-0.25, -0.2) is 4.79 Å². The number of rotatable bonds is 7. The number of carboxylic acid groups (broad SMARTS) is 1. The van der Waals surface area contributed by atoms with E-state index in [9.17, 15) is 9.90 Å². The predicted molar refractivity (Wildman–Crippen MR) is 56.1 cm³/mol. The van der Waals surface area contributed by atoms with Crippen molar-refractivity contribution in [1.82, 2.24) is 0 Å². The molecule has 0 saturated heterocycles. The molecule has 2 atom stereocenters. The minimum Gasteiger partial charge on any atom is -0.478 e. The van der Waals surface area contributed by atoms with E-state index in [1.165, 1.54) is 0 Å². The van der Waals surface area contributed by atoms with Crippen LogP contribution in [0.2, 0.25) is 0 Å². The molecule has 0 heterocycles. The molecule has 82 valence electrons. The van der Waals surface area contributed by atoms with Crippen LogP contribution in [0.1, 0.15) is 39.5 Å². The van der Waals surface area contributed by atoms with Crippen molar-refractivity contribution in [2.24, 2.45) is 5.92 Å². The van der Waals surface area contributed by atoms with E-state index in [2.05, 4.69) is 6.58 Å². The number of aliphatic carboxylic acids is 1. The van der Waals surface area contributed by atoms with E-state index < -0.39 is 12.1 Å². The SMILES string of the molecule is C=C(CC(CC)C(O)CCC)C(=O)O. The summed E-state index contributed by atoms with van der Waals surface area (Å²) in [7, 11) is 0. The fraction of sp³-hybridized carbons (Fsp3) is 0.727. The van der Waals surface area contributed by atoms with Crippen molar-refractivity contribution < 1.29 is 15.0 Å². The number of hydrogen-bond donors (Lipinski definition) is 2. The van der Waals surface area contributed by atoms with Crippen molar-refractivity contribution in [3.05, 3.63) is 12.2 Å². The lowest BCUT2D eigenvalue weighted by Gasteiger charge is -2.20. The second-order valence-corrected chi connectivity index (χ2v) is 3.64. The molecule has 14 heavy (non-hydrogen) atoms. The Bertz CT molecular complexity index is 199. The molecular formula is C11H20O3. The van der Waals surface area contributed by atoms with Gasteiger partial charge in [0.25, 0.3) is 0 Å². The molecule has 0 spiro atoms. The molecule has 0 bridgehead atoms. The Morgan fingerprint density at radius 2 is 2.00 bits per heavy atom. The maximum absolute atomic E-state index is 10.5. The summed E-state index contributed by atoms with van der Waals surface area (Å²) in [5.74, 6) is -0.939. The van der Waals surface area contributed by atoms with Crippen LogP contribution in [-0.4, -0.2) is 22.3 Å². The summed E-state index contributed by atoms with van der Waals surface area (Å²) in [5.41, 5.74) is 0.187. The molecule has 0 aromatic carbocycles. The Kier molecular flexibility index (Phi) is 6.21. The Labute approximate surface area is 85.4 Å². The monoisotopic (exact) mass is 200 g/mol. The summed E-state index contributed by atoms with van der Waals surface area (Å²) in [6, 6.07) is 0. The second kappa shape index (κ2) is 6.60. The number of aliphatic hydroxyl groups is 1. The van der Waals surface area contributed by atoms with E-state index in [1.807, 2.05) is 13.8 Å². The minimum atomic E-state index is -0.966. The highest BCUT2D eigenvalue weighted by Gasteiger charge is 2.19. The van der Waals surface area contributed by atoms with E-state index in [0.717, 1.165) is 19.3 Å². The largest absolute Gasteiger partial charge is 0.478 e. The highest BCUT2D eigenvalue weighted by Crippen LogP contribution is 2.21. The molecule has 0 fully saturated rings. The van der Waals surface area contributed by atoms with E-state index in [1.54, 1.807) is 0 Å². The third-order valence-corrected chi connectivity index (χ3v) is 2.46. The Balaban J connectivity index is 4.14.